The van der Waals surface area contributed by atoms with Gasteiger partial charge in [-0.25, -0.2) is 4.79 Å². The van der Waals surface area contributed by atoms with Gasteiger partial charge in [0.2, 0.25) is 17.7 Å². The van der Waals surface area contributed by atoms with E-state index in [0.717, 1.165) is 0 Å². The zero-order valence-electron chi connectivity index (χ0n) is 21.1. The summed E-state index contributed by atoms with van der Waals surface area (Å²) in [5.41, 5.74) is 6.66. The Morgan fingerprint density at radius 3 is 1.61 bits per heavy atom. The fraction of sp³-hybridized carbons (Fsp3) is 0.385. The highest BCUT2D eigenvalue weighted by Gasteiger charge is 2.32. The van der Waals surface area contributed by atoms with Crippen molar-refractivity contribution in [2.75, 3.05) is 6.61 Å². The quantitative estimate of drug-likeness (QED) is 0.166. The summed E-state index contributed by atoms with van der Waals surface area (Å²) in [6.45, 7) is 2.71. The van der Waals surface area contributed by atoms with Gasteiger partial charge in [0, 0.05) is 12.8 Å². The van der Waals surface area contributed by atoms with Crippen LogP contribution in [0, 0.1) is 5.92 Å². The maximum Gasteiger partial charge on any atom is 0.326 e. The number of aliphatic carboxylic acids is 1. The van der Waals surface area contributed by atoms with Gasteiger partial charge < -0.3 is 42.1 Å². The van der Waals surface area contributed by atoms with Crippen LogP contribution in [0.5, 0.6) is 11.5 Å². The van der Waals surface area contributed by atoms with Crippen molar-refractivity contribution in [1.29, 1.82) is 0 Å². The van der Waals surface area contributed by atoms with Crippen molar-refractivity contribution in [3.05, 3.63) is 59.7 Å². The summed E-state index contributed by atoms with van der Waals surface area (Å²) in [5.74, 6) is -3.94. The van der Waals surface area contributed by atoms with Crippen LogP contribution in [-0.2, 0) is 32.0 Å². The molecule has 0 saturated heterocycles. The summed E-state index contributed by atoms with van der Waals surface area (Å²) >= 11 is 0. The van der Waals surface area contributed by atoms with E-state index in [1.807, 2.05) is 0 Å². The molecule has 12 heteroatoms. The number of carbonyl (C=O) groups is 4. The van der Waals surface area contributed by atoms with E-state index in [2.05, 4.69) is 16.0 Å². The number of aliphatic hydroxyl groups is 1. The highest BCUT2D eigenvalue weighted by molar-refractivity contribution is 5.94. The molecule has 0 saturated carbocycles. The zero-order valence-corrected chi connectivity index (χ0v) is 21.1. The molecule has 0 aliphatic rings. The monoisotopic (exact) mass is 530 g/mol. The molecule has 206 valence electrons. The number of aromatic hydroxyl groups is 2. The first-order chi connectivity index (χ1) is 17.9. The lowest BCUT2D eigenvalue weighted by molar-refractivity contribution is -0.142. The Morgan fingerprint density at radius 2 is 1.18 bits per heavy atom. The smallest absolute Gasteiger partial charge is 0.326 e. The first-order valence-electron chi connectivity index (χ1n) is 12.0. The van der Waals surface area contributed by atoms with E-state index < -0.39 is 60.4 Å². The molecule has 38 heavy (non-hydrogen) atoms. The van der Waals surface area contributed by atoms with E-state index in [1.54, 1.807) is 26.0 Å². The number of nitrogens with two attached hydrogens (primary N) is 1. The molecule has 0 aliphatic carbocycles. The molecule has 0 fully saturated rings. The van der Waals surface area contributed by atoms with Crippen molar-refractivity contribution in [3.63, 3.8) is 0 Å². The Morgan fingerprint density at radius 1 is 0.737 bits per heavy atom. The van der Waals surface area contributed by atoms with Crippen LogP contribution < -0.4 is 21.7 Å². The van der Waals surface area contributed by atoms with Gasteiger partial charge in [-0.1, -0.05) is 38.1 Å². The van der Waals surface area contributed by atoms with Crippen molar-refractivity contribution in [3.8, 4) is 11.5 Å². The molecule has 0 aliphatic heterocycles. The number of nitrogens with one attached hydrogen (secondary N) is 3. The van der Waals surface area contributed by atoms with E-state index in [0.29, 0.717) is 11.1 Å². The minimum Gasteiger partial charge on any atom is -0.508 e. The largest absolute Gasteiger partial charge is 0.508 e. The molecule has 0 heterocycles. The highest BCUT2D eigenvalue weighted by Crippen LogP contribution is 2.14. The molecule has 4 atom stereocenters. The molecule has 2 aromatic carbocycles. The predicted octanol–water partition coefficient (Wildman–Crippen LogP) is -0.602. The van der Waals surface area contributed by atoms with Crippen molar-refractivity contribution in [2.45, 2.75) is 50.9 Å². The molecule has 0 bridgehead atoms. The highest BCUT2D eigenvalue weighted by atomic mass is 16.4. The first kappa shape index (κ1) is 30.1. The molecule has 2 rings (SSSR count). The van der Waals surface area contributed by atoms with Gasteiger partial charge in [-0.3, -0.25) is 14.4 Å². The van der Waals surface area contributed by atoms with Crippen molar-refractivity contribution in [2.24, 2.45) is 11.7 Å². The number of hydrogen-bond donors (Lipinski definition) is 8. The molecular weight excluding hydrogens is 496 g/mol. The number of carbonyl (C=O) groups excluding carboxylic acids is 3. The first-order valence-corrected chi connectivity index (χ1v) is 12.0. The average Bonchev–Trinajstić information content (AvgIpc) is 2.87. The summed E-state index contributed by atoms with van der Waals surface area (Å²) < 4.78 is 0. The summed E-state index contributed by atoms with van der Waals surface area (Å²) in [5, 5.41) is 45.3. The van der Waals surface area contributed by atoms with Gasteiger partial charge in [0.25, 0.3) is 0 Å². The normalized spacial score (nSPS) is 14.1. The van der Waals surface area contributed by atoms with Crippen LogP contribution >= 0.6 is 0 Å². The van der Waals surface area contributed by atoms with Crippen molar-refractivity contribution >= 4 is 23.7 Å². The number of phenolic OH excluding ortho intramolecular Hbond substituents is 2. The second kappa shape index (κ2) is 14.0. The SMILES string of the molecule is CC(C)C(NC(=O)C(N)CO)C(=O)NC(Cc1ccc(O)cc1)C(=O)NC(Cc1ccc(O)cc1)C(=O)O. The molecular formula is C26H34N4O8. The van der Waals surface area contributed by atoms with E-state index >= 15 is 0 Å². The Balaban J connectivity index is 2.26. The molecule has 12 nitrogen and oxygen atoms in total. The minimum absolute atomic E-state index is 0.00133. The maximum atomic E-state index is 13.3. The second-order valence-corrected chi connectivity index (χ2v) is 9.22. The Hall–Kier alpha value is -4.16. The van der Waals surface area contributed by atoms with Crippen LogP contribution in [0.4, 0.5) is 0 Å². The molecule has 2 aromatic rings. The number of benzene rings is 2. The van der Waals surface area contributed by atoms with Crippen LogP contribution in [0.1, 0.15) is 25.0 Å². The number of carboxylic acids is 1. The van der Waals surface area contributed by atoms with Gasteiger partial charge in [0.15, 0.2) is 0 Å². The van der Waals surface area contributed by atoms with Crippen molar-refractivity contribution < 1.29 is 39.6 Å². The van der Waals surface area contributed by atoms with Crippen molar-refractivity contribution in [1.82, 2.24) is 16.0 Å². The Bertz CT molecular complexity index is 1110. The summed E-state index contributed by atoms with van der Waals surface area (Å²) in [6, 6.07) is 6.85. The van der Waals surface area contributed by atoms with Gasteiger partial charge in [0.1, 0.15) is 35.7 Å². The van der Waals surface area contributed by atoms with E-state index in [1.165, 1.54) is 36.4 Å². The Labute approximate surface area is 219 Å². The van der Waals surface area contributed by atoms with Gasteiger partial charge in [0.05, 0.1) is 6.61 Å². The molecule has 4 unspecified atom stereocenters. The summed E-state index contributed by atoms with van der Waals surface area (Å²) in [6.07, 6.45) is -0.122. The number of hydrogen-bond acceptors (Lipinski definition) is 8. The van der Waals surface area contributed by atoms with Gasteiger partial charge >= 0.3 is 5.97 Å². The summed E-state index contributed by atoms with van der Waals surface area (Å²) in [7, 11) is 0. The molecule has 0 spiro atoms. The number of rotatable bonds is 13. The number of carboxylic acid groups (broad SMARTS) is 1. The third-order valence-electron chi connectivity index (χ3n) is 5.78. The third-order valence-corrected chi connectivity index (χ3v) is 5.78. The van der Waals surface area contributed by atoms with Crippen LogP contribution in [0.3, 0.4) is 0 Å². The molecule has 3 amide bonds. The Kier molecular flexibility index (Phi) is 11.0. The molecule has 0 radical (unpaired) electrons. The van der Waals surface area contributed by atoms with Gasteiger partial charge in [-0.05, 0) is 41.3 Å². The lowest BCUT2D eigenvalue weighted by Crippen LogP contribution is -2.59. The second-order valence-electron chi connectivity index (χ2n) is 9.22. The van der Waals surface area contributed by atoms with Gasteiger partial charge in [-0.2, -0.15) is 0 Å². The minimum atomic E-state index is -1.34. The number of aliphatic hydroxyl groups excluding tert-OH is 1. The fourth-order valence-electron chi connectivity index (χ4n) is 3.56. The maximum absolute atomic E-state index is 13.3. The zero-order chi connectivity index (χ0) is 28.4. The molecule has 9 N–H and O–H groups in total. The summed E-state index contributed by atoms with van der Waals surface area (Å²) in [4.78, 5) is 50.5. The lowest BCUT2D eigenvalue weighted by Gasteiger charge is -2.27. The average molecular weight is 531 g/mol. The van der Waals surface area contributed by atoms with E-state index in [4.69, 9.17) is 10.8 Å². The number of amides is 3. The molecule has 0 aromatic heterocycles. The lowest BCUT2D eigenvalue weighted by atomic mass is 10.00. The van der Waals surface area contributed by atoms with Crippen LogP contribution in [0.15, 0.2) is 48.5 Å². The van der Waals surface area contributed by atoms with Gasteiger partial charge in [-0.15, -0.1) is 0 Å². The standard InChI is InChI=1S/C26H34N4O8/c1-14(2)22(30-23(34)19(27)13-31)25(36)28-20(11-15-3-7-17(32)8-4-15)24(35)29-21(26(37)38)12-16-5-9-18(33)10-6-16/h3-10,14,19-22,31-33H,11-13,27H2,1-2H3,(H,28,36)(H,29,35)(H,30,34)(H,37,38). The fourth-order valence-corrected chi connectivity index (χ4v) is 3.56. The van der Waals surface area contributed by atoms with Crippen LogP contribution in [0.25, 0.3) is 0 Å². The van der Waals surface area contributed by atoms with Crippen LogP contribution in [-0.4, -0.2) is 74.9 Å². The topological polar surface area (TPSA) is 211 Å². The predicted molar refractivity (Wildman–Crippen MR) is 137 cm³/mol. The third kappa shape index (κ3) is 9.05. The van der Waals surface area contributed by atoms with E-state index in [9.17, 15) is 34.5 Å². The van der Waals surface area contributed by atoms with E-state index in [-0.39, 0.29) is 24.3 Å². The number of phenols is 2. The van der Waals surface area contributed by atoms with Crippen LogP contribution in [0.2, 0.25) is 0 Å².